The molecule has 0 radical (unpaired) electrons. The standard InChI is InChI=1S/C15H16N2O3/c16-12-3-7-14(8-4-12)20-10-9-19-13-5-1-11(2-6-13)15(17)18/h1-8H,9-10,16H2,(H2,17,18). The molecule has 0 spiro atoms. The highest BCUT2D eigenvalue weighted by atomic mass is 16.5. The topological polar surface area (TPSA) is 87.6 Å². The monoisotopic (exact) mass is 272 g/mol. The maximum absolute atomic E-state index is 10.9. The third-order valence-electron chi connectivity index (χ3n) is 2.64. The molecule has 2 aromatic carbocycles. The van der Waals surface area contributed by atoms with Crippen molar-refractivity contribution in [2.75, 3.05) is 18.9 Å². The van der Waals surface area contributed by atoms with E-state index >= 15 is 0 Å². The fraction of sp³-hybridized carbons (Fsp3) is 0.133. The molecule has 0 aliphatic heterocycles. The van der Waals surface area contributed by atoms with Crippen molar-refractivity contribution in [1.29, 1.82) is 0 Å². The first kappa shape index (κ1) is 13.7. The maximum atomic E-state index is 10.9. The van der Waals surface area contributed by atoms with Crippen LogP contribution >= 0.6 is 0 Å². The molecule has 0 saturated carbocycles. The summed E-state index contributed by atoms with van der Waals surface area (Å²) in [6, 6.07) is 13.8. The minimum Gasteiger partial charge on any atom is -0.490 e. The maximum Gasteiger partial charge on any atom is 0.248 e. The lowest BCUT2D eigenvalue weighted by molar-refractivity contribution is 0.1000. The number of carbonyl (C=O) groups is 1. The summed E-state index contributed by atoms with van der Waals surface area (Å²) in [5.41, 5.74) is 11.9. The molecule has 1 amide bonds. The van der Waals surface area contributed by atoms with E-state index in [1.54, 1.807) is 48.5 Å². The molecule has 5 heteroatoms. The summed E-state index contributed by atoms with van der Waals surface area (Å²) in [6.45, 7) is 0.821. The van der Waals surface area contributed by atoms with E-state index in [1.165, 1.54) is 0 Å². The van der Waals surface area contributed by atoms with Gasteiger partial charge in [-0.3, -0.25) is 4.79 Å². The smallest absolute Gasteiger partial charge is 0.248 e. The number of amides is 1. The molecule has 4 N–H and O–H groups in total. The highest BCUT2D eigenvalue weighted by Crippen LogP contribution is 2.14. The summed E-state index contributed by atoms with van der Waals surface area (Å²) in [5, 5.41) is 0. The predicted molar refractivity (Wildman–Crippen MR) is 76.8 cm³/mol. The largest absolute Gasteiger partial charge is 0.490 e. The first-order valence-corrected chi connectivity index (χ1v) is 6.16. The van der Waals surface area contributed by atoms with Gasteiger partial charge >= 0.3 is 0 Å². The average molecular weight is 272 g/mol. The van der Waals surface area contributed by atoms with Crippen molar-refractivity contribution in [2.45, 2.75) is 0 Å². The number of benzene rings is 2. The minimum absolute atomic E-state index is 0.403. The van der Waals surface area contributed by atoms with Crippen LogP contribution in [0.4, 0.5) is 5.69 Å². The number of primary amides is 1. The molecule has 0 aromatic heterocycles. The second-order valence-electron chi connectivity index (χ2n) is 4.15. The Morgan fingerprint density at radius 1 is 0.850 bits per heavy atom. The number of ether oxygens (including phenoxy) is 2. The second-order valence-corrected chi connectivity index (χ2v) is 4.15. The van der Waals surface area contributed by atoms with Crippen molar-refractivity contribution in [2.24, 2.45) is 5.73 Å². The highest BCUT2D eigenvalue weighted by Gasteiger charge is 2.00. The summed E-state index contributed by atoms with van der Waals surface area (Å²) in [5.74, 6) is 0.950. The first-order chi connectivity index (χ1) is 9.65. The van der Waals surface area contributed by atoms with E-state index in [-0.39, 0.29) is 0 Å². The molecule has 2 rings (SSSR count). The zero-order valence-electron chi connectivity index (χ0n) is 10.9. The van der Waals surface area contributed by atoms with Crippen molar-refractivity contribution in [1.82, 2.24) is 0 Å². The van der Waals surface area contributed by atoms with E-state index < -0.39 is 5.91 Å². The van der Waals surface area contributed by atoms with Crippen LogP contribution in [-0.4, -0.2) is 19.1 Å². The van der Waals surface area contributed by atoms with E-state index in [4.69, 9.17) is 20.9 Å². The summed E-state index contributed by atoms with van der Waals surface area (Å²) >= 11 is 0. The fourth-order valence-electron chi connectivity index (χ4n) is 1.60. The molecule has 0 aliphatic carbocycles. The van der Waals surface area contributed by atoms with Gasteiger partial charge in [0.25, 0.3) is 0 Å². The quantitative estimate of drug-likeness (QED) is 0.620. The summed E-state index contributed by atoms with van der Waals surface area (Å²) in [6.07, 6.45) is 0. The van der Waals surface area contributed by atoms with Crippen molar-refractivity contribution in [3.05, 3.63) is 54.1 Å². The van der Waals surface area contributed by atoms with Crippen LogP contribution in [0.15, 0.2) is 48.5 Å². The van der Waals surface area contributed by atoms with Crippen LogP contribution in [0.25, 0.3) is 0 Å². The van der Waals surface area contributed by atoms with Crippen molar-refractivity contribution >= 4 is 11.6 Å². The lowest BCUT2D eigenvalue weighted by Crippen LogP contribution is -2.11. The predicted octanol–water partition coefficient (Wildman–Crippen LogP) is 1.83. The zero-order valence-corrected chi connectivity index (χ0v) is 10.9. The lowest BCUT2D eigenvalue weighted by Gasteiger charge is -2.08. The van der Waals surface area contributed by atoms with Gasteiger partial charge in [-0.25, -0.2) is 0 Å². The average Bonchev–Trinajstić information content (AvgIpc) is 2.46. The van der Waals surface area contributed by atoms with Crippen LogP contribution in [-0.2, 0) is 0 Å². The van der Waals surface area contributed by atoms with Gasteiger partial charge in [-0.15, -0.1) is 0 Å². The molecule has 0 fully saturated rings. The Morgan fingerprint density at radius 3 is 1.75 bits per heavy atom. The molecule has 0 unspecified atom stereocenters. The second kappa shape index (κ2) is 6.47. The number of hydrogen-bond donors (Lipinski definition) is 2. The number of rotatable bonds is 6. The molecule has 104 valence electrons. The van der Waals surface area contributed by atoms with Crippen molar-refractivity contribution in [3.8, 4) is 11.5 Å². The van der Waals surface area contributed by atoms with Gasteiger partial charge in [0.15, 0.2) is 0 Å². The van der Waals surface area contributed by atoms with Gasteiger partial charge in [-0.1, -0.05) is 0 Å². The molecule has 0 aliphatic rings. The number of hydrogen-bond acceptors (Lipinski definition) is 4. The highest BCUT2D eigenvalue weighted by molar-refractivity contribution is 5.92. The number of nitrogen functional groups attached to an aromatic ring is 1. The van der Waals surface area contributed by atoms with Gasteiger partial charge in [0.05, 0.1) is 0 Å². The first-order valence-electron chi connectivity index (χ1n) is 6.16. The van der Waals surface area contributed by atoms with Crippen LogP contribution in [0.1, 0.15) is 10.4 Å². The molecule has 0 heterocycles. The molecule has 0 saturated heterocycles. The van der Waals surface area contributed by atoms with Crippen LogP contribution in [0.5, 0.6) is 11.5 Å². The molecule has 2 aromatic rings. The molecular weight excluding hydrogens is 256 g/mol. The SMILES string of the molecule is NC(=O)c1ccc(OCCOc2ccc(N)cc2)cc1. The molecule has 5 nitrogen and oxygen atoms in total. The lowest BCUT2D eigenvalue weighted by atomic mass is 10.2. The van der Waals surface area contributed by atoms with Crippen LogP contribution in [0.2, 0.25) is 0 Å². The van der Waals surface area contributed by atoms with E-state index in [9.17, 15) is 4.79 Å². The van der Waals surface area contributed by atoms with Crippen molar-refractivity contribution < 1.29 is 14.3 Å². The normalized spacial score (nSPS) is 10.0. The number of nitrogens with two attached hydrogens (primary N) is 2. The number of carbonyl (C=O) groups excluding carboxylic acids is 1. The Bertz CT molecular complexity index is 565. The Hall–Kier alpha value is -2.69. The Balaban J connectivity index is 1.75. The number of anilines is 1. The van der Waals surface area contributed by atoms with Crippen molar-refractivity contribution in [3.63, 3.8) is 0 Å². The van der Waals surface area contributed by atoms with Gasteiger partial charge in [0.1, 0.15) is 24.7 Å². The van der Waals surface area contributed by atoms with E-state index in [1.807, 2.05) is 0 Å². The fourth-order valence-corrected chi connectivity index (χ4v) is 1.60. The molecule has 20 heavy (non-hydrogen) atoms. The minimum atomic E-state index is -0.455. The molecule has 0 bridgehead atoms. The Labute approximate surface area is 117 Å². The zero-order chi connectivity index (χ0) is 14.4. The summed E-state index contributed by atoms with van der Waals surface area (Å²) < 4.78 is 11.0. The summed E-state index contributed by atoms with van der Waals surface area (Å²) in [7, 11) is 0. The van der Waals surface area contributed by atoms with E-state index in [0.717, 1.165) is 5.75 Å². The molecule has 0 atom stereocenters. The van der Waals surface area contributed by atoms with E-state index in [0.29, 0.717) is 30.2 Å². The third-order valence-corrected chi connectivity index (χ3v) is 2.64. The summed E-state index contributed by atoms with van der Waals surface area (Å²) in [4.78, 5) is 10.9. The van der Waals surface area contributed by atoms with Gasteiger partial charge in [0, 0.05) is 11.3 Å². The van der Waals surface area contributed by atoms with Gasteiger partial charge in [0.2, 0.25) is 5.91 Å². The van der Waals surface area contributed by atoms with Gasteiger partial charge < -0.3 is 20.9 Å². The third kappa shape index (κ3) is 3.91. The van der Waals surface area contributed by atoms with Gasteiger partial charge in [-0.05, 0) is 48.5 Å². The van der Waals surface area contributed by atoms with Crippen LogP contribution in [0.3, 0.4) is 0 Å². The van der Waals surface area contributed by atoms with Crippen LogP contribution in [0, 0.1) is 0 Å². The Kier molecular flexibility index (Phi) is 4.44. The van der Waals surface area contributed by atoms with Gasteiger partial charge in [-0.2, -0.15) is 0 Å². The molecular formula is C15H16N2O3. The van der Waals surface area contributed by atoms with E-state index in [2.05, 4.69) is 0 Å². The Morgan fingerprint density at radius 2 is 1.30 bits per heavy atom. The van der Waals surface area contributed by atoms with Crippen LogP contribution < -0.4 is 20.9 Å².